The molecule has 10 nitrogen and oxygen atoms in total. The molecule has 0 bridgehead atoms. The van der Waals surface area contributed by atoms with E-state index >= 15 is 0 Å². The molecule has 39 heavy (non-hydrogen) atoms. The molecule has 1 saturated heterocycles. The van der Waals surface area contributed by atoms with Crippen molar-refractivity contribution in [1.29, 1.82) is 0 Å². The third-order valence-corrected chi connectivity index (χ3v) is 7.93. The lowest BCUT2D eigenvalue weighted by Crippen LogP contribution is -2.43. The first kappa shape index (κ1) is 28.6. The highest BCUT2D eigenvalue weighted by atomic mass is 35.5. The van der Waals surface area contributed by atoms with Gasteiger partial charge in [-0.15, -0.1) is 4.40 Å². The van der Waals surface area contributed by atoms with E-state index in [2.05, 4.69) is 14.7 Å². The van der Waals surface area contributed by atoms with Crippen molar-refractivity contribution in [1.82, 2.24) is 14.6 Å². The summed E-state index contributed by atoms with van der Waals surface area (Å²) in [5.74, 6) is -4.40. The lowest BCUT2D eigenvalue weighted by molar-refractivity contribution is -0.117. The fourth-order valence-corrected chi connectivity index (χ4v) is 5.55. The lowest BCUT2D eigenvalue weighted by atomic mass is 9.86. The summed E-state index contributed by atoms with van der Waals surface area (Å²) >= 11 is 6.09. The molecule has 3 N–H and O–H groups in total. The number of carbonyl (C=O) groups excluding carboxylic acids is 1. The number of nitrogens with one attached hydrogen (secondary N) is 1. The third-order valence-electron chi connectivity index (χ3n) is 6.26. The minimum absolute atomic E-state index is 0.137. The summed E-state index contributed by atoms with van der Waals surface area (Å²) in [4.78, 5) is 15.6. The van der Waals surface area contributed by atoms with E-state index in [-0.39, 0.29) is 12.5 Å². The first-order chi connectivity index (χ1) is 18.4. The van der Waals surface area contributed by atoms with Crippen LogP contribution in [-0.2, 0) is 15.0 Å². The van der Waals surface area contributed by atoms with Crippen LogP contribution in [0.1, 0.15) is 43.2 Å². The molecule has 0 spiro atoms. The van der Waals surface area contributed by atoms with Gasteiger partial charge in [0.2, 0.25) is 11.9 Å². The van der Waals surface area contributed by atoms with Gasteiger partial charge in [0.1, 0.15) is 0 Å². The van der Waals surface area contributed by atoms with Crippen LogP contribution in [0.5, 0.6) is 0 Å². The average Bonchev–Trinajstić information content (AvgIpc) is 2.88. The van der Waals surface area contributed by atoms with Crippen molar-refractivity contribution in [3.05, 3.63) is 70.7 Å². The van der Waals surface area contributed by atoms with Gasteiger partial charge < -0.3 is 5.73 Å². The smallest absolute Gasteiger partial charge is 0.325 e. The summed E-state index contributed by atoms with van der Waals surface area (Å²) < 4.78 is 58.3. The van der Waals surface area contributed by atoms with Crippen molar-refractivity contribution in [2.75, 3.05) is 19.6 Å². The number of aliphatic imine (C=N–C) groups is 1. The number of hydrazone groups is 1. The van der Waals surface area contributed by atoms with Crippen molar-refractivity contribution in [3.63, 3.8) is 0 Å². The number of benzene rings is 2. The number of amides is 1. The van der Waals surface area contributed by atoms with Crippen LogP contribution in [0.15, 0.2) is 69.1 Å². The quantitative estimate of drug-likeness (QED) is 0.423. The van der Waals surface area contributed by atoms with E-state index in [9.17, 15) is 22.0 Å². The van der Waals surface area contributed by atoms with Crippen LogP contribution in [-0.4, -0.2) is 66.8 Å². The Hall–Kier alpha value is -3.42. The second-order valence-electron chi connectivity index (χ2n) is 9.17. The maximum atomic E-state index is 13.6. The monoisotopic (exact) mass is 579 g/mol. The fourth-order valence-electron chi connectivity index (χ4n) is 4.32. The zero-order valence-electron chi connectivity index (χ0n) is 21.1. The van der Waals surface area contributed by atoms with Gasteiger partial charge in [-0.25, -0.2) is 13.8 Å². The maximum Gasteiger partial charge on any atom is 0.325 e. The molecule has 208 valence electrons. The molecule has 1 atom stereocenters. The number of nitrogens with zero attached hydrogens (tertiary/aromatic N) is 5. The first-order valence-electron chi connectivity index (χ1n) is 12.2. The van der Waals surface area contributed by atoms with Gasteiger partial charge in [0.05, 0.1) is 5.71 Å². The topological polar surface area (TPSA) is 133 Å². The number of hydrogen-bond donors (Lipinski definition) is 2. The van der Waals surface area contributed by atoms with Crippen LogP contribution in [0.4, 0.5) is 8.78 Å². The number of rotatable bonds is 4. The molecule has 1 fully saturated rings. The largest absolute Gasteiger partial charge is 0.369 e. The Bertz CT molecular complexity index is 1390. The molecule has 0 aliphatic carbocycles. The van der Waals surface area contributed by atoms with Crippen molar-refractivity contribution in [2.24, 2.45) is 20.2 Å². The molecule has 2 aromatic carbocycles. The van der Waals surface area contributed by atoms with Crippen LogP contribution >= 0.6 is 11.6 Å². The molecule has 2 heterocycles. The van der Waals surface area contributed by atoms with Crippen LogP contribution < -0.4 is 11.1 Å². The molecule has 2 aromatic rings. The number of carbonyl (C=O) groups is 1. The van der Waals surface area contributed by atoms with Gasteiger partial charge in [-0.3, -0.25) is 10.1 Å². The van der Waals surface area contributed by atoms with Crippen LogP contribution in [0.25, 0.3) is 0 Å². The Morgan fingerprint density at radius 2 is 1.74 bits per heavy atom. The second-order valence-corrected chi connectivity index (χ2v) is 11.2. The molecule has 0 saturated carbocycles. The zero-order valence-corrected chi connectivity index (χ0v) is 22.7. The molecule has 1 amide bonds. The summed E-state index contributed by atoms with van der Waals surface area (Å²) in [5, 5.41) is 8.83. The van der Waals surface area contributed by atoms with Crippen LogP contribution in [0.3, 0.4) is 0 Å². The van der Waals surface area contributed by atoms with E-state index in [4.69, 9.17) is 22.4 Å². The number of guanidine groups is 2. The first-order valence-corrected chi connectivity index (χ1v) is 14.0. The summed E-state index contributed by atoms with van der Waals surface area (Å²) in [6, 6.07) is 16.7. The normalized spacial score (nSPS) is 20.9. The van der Waals surface area contributed by atoms with Gasteiger partial charge in [-0.05, 0) is 29.7 Å². The fraction of sp³-hybridized carbons (Fsp3) is 0.360. The second kappa shape index (κ2) is 11.8. The molecule has 0 aromatic heterocycles. The molecule has 0 unspecified atom stereocenters. The molecule has 2 aliphatic rings. The number of hydrogen-bond acceptors (Lipinski definition) is 4. The minimum Gasteiger partial charge on any atom is -0.369 e. The third kappa shape index (κ3) is 7.37. The Balaban J connectivity index is 1.77. The zero-order chi connectivity index (χ0) is 28.2. The highest BCUT2D eigenvalue weighted by molar-refractivity contribution is 7.87. The van der Waals surface area contributed by atoms with Crippen molar-refractivity contribution in [2.45, 2.75) is 38.0 Å². The number of piperidine rings is 1. The standard InChI is InChI=1S/C25H28ClF2N7O3S/c1-17(36)30-23(29)31-24(33-39(37,38)34-15-12-25(27,28)13-16-34)35-14-11-21(18-5-3-2-4-6-18)22(32-35)19-7-9-20(26)10-8-19/h2-10,21H,11-16H2,1H3,(H3,29,30,31,33,36)/t21-/m1/s1. The van der Waals surface area contributed by atoms with Crippen molar-refractivity contribution >= 4 is 45.3 Å². The number of alkyl halides is 2. The summed E-state index contributed by atoms with van der Waals surface area (Å²) in [7, 11) is -4.43. The predicted molar refractivity (Wildman–Crippen MR) is 146 cm³/mol. The molecule has 14 heteroatoms. The van der Waals surface area contributed by atoms with Gasteiger partial charge in [0, 0.05) is 50.3 Å². The summed E-state index contributed by atoms with van der Waals surface area (Å²) in [5.41, 5.74) is 8.20. The average molecular weight is 580 g/mol. The van der Waals surface area contributed by atoms with E-state index in [1.165, 1.54) is 11.9 Å². The van der Waals surface area contributed by atoms with Crippen molar-refractivity contribution in [3.8, 4) is 0 Å². The summed E-state index contributed by atoms with van der Waals surface area (Å²) in [6.07, 6.45) is -0.721. The van der Waals surface area contributed by atoms with E-state index in [0.29, 0.717) is 17.2 Å². The van der Waals surface area contributed by atoms with E-state index in [0.717, 1.165) is 15.4 Å². The lowest BCUT2D eigenvalue weighted by Gasteiger charge is -2.32. The van der Waals surface area contributed by atoms with Crippen molar-refractivity contribution < 1.29 is 22.0 Å². The Kier molecular flexibility index (Phi) is 8.62. The maximum absolute atomic E-state index is 13.6. The van der Waals surface area contributed by atoms with Gasteiger partial charge in [-0.1, -0.05) is 54.1 Å². The van der Waals surface area contributed by atoms with E-state index in [1.807, 2.05) is 30.3 Å². The summed E-state index contributed by atoms with van der Waals surface area (Å²) in [6.45, 7) is 0.630. The van der Waals surface area contributed by atoms with Gasteiger partial charge in [0.15, 0.2) is 0 Å². The van der Waals surface area contributed by atoms with Crippen LogP contribution in [0, 0.1) is 0 Å². The Morgan fingerprint density at radius 1 is 1.10 bits per heavy atom. The van der Waals surface area contributed by atoms with E-state index in [1.54, 1.807) is 24.3 Å². The molecule has 2 aliphatic heterocycles. The number of halogens is 3. The molecule has 0 radical (unpaired) electrons. The highest BCUT2D eigenvalue weighted by Crippen LogP contribution is 2.31. The van der Waals surface area contributed by atoms with Crippen LogP contribution in [0.2, 0.25) is 5.02 Å². The minimum atomic E-state index is -4.43. The molecule has 4 rings (SSSR count). The SMILES string of the molecule is CC(=O)N/C(N)=N/C(=N/S(=O)(=O)N1CCC(F)(F)CC1)N1CC[C@H](c2ccccc2)C(c2ccc(Cl)cc2)=N1. The highest BCUT2D eigenvalue weighted by Gasteiger charge is 2.39. The van der Waals surface area contributed by atoms with Gasteiger partial charge in [-0.2, -0.15) is 22.8 Å². The van der Waals surface area contributed by atoms with Gasteiger partial charge >= 0.3 is 10.2 Å². The van der Waals surface area contributed by atoms with E-state index < -0.39 is 59.9 Å². The predicted octanol–water partition coefficient (Wildman–Crippen LogP) is 3.32. The Labute approximate surface area is 230 Å². The Morgan fingerprint density at radius 3 is 2.36 bits per heavy atom. The molecular weight excluding hydrogens is 552 g/mol. The van der Waals surface area contributed by atoms with Gasteiger partial charge in [0.25, 0.3) is 11.9 Å². The molecular formula is C25H28ClF2N7O3S. The number of nitrogens with two attached hydrogens (primary N) is 1.